The zero-order valence-corrected chi connectivity index (χ0v) is 12.0. The second kappa shape index (κ2) is 4.99. The van der Waals surface area contributed by atoms with Gasteiger partial charge in [-0.25, -0.2) is 4.68 Å². The molecule has 0 atom stereocenters. The molecule has 5 heteroatoms. The predicted octanol–water partition coefficient (Wildman–Crippen LogP) is 2.60. The largest absolute Gasteiger partial charge is 0.399 e. The zero-order valence-electron chi connectivity index (χ0n) is 12.0. The number of nitrogen functional groups attached to an aromatic ring is 1. The molecule has 0 amide bonds. The van der Waals surface area contributed by atoms with Gasteiger partial charge >= 0.3 is 0 Å². The number of hydrogen-bond donors (Lipinski definition) is 1. The lowest BCUT2D eigenvalue weighted by atomic mass is 9.81. The van der Waals surface area contributed by atoms with Crippen LogP contribution >= 0.6 is 0 Å². The summed E-state index contributed by atoms with van der Waals surface area (Å²) < 4.78 is 1.87. The van der Waals surface area contributed by atoms with E-state index in [0.717, 1.165) is 23.6 Å². The number of aromatic nitrogens is 4. The first kappa shape index (κ1) is 13.5. The van der Waals surface area contributed by atoms with Crippen molar-refractivity contribution in [3.8, 4) is 11.4 Å². The van der Waals surface area contributed by atoms with Gasteiger partial charge < -0.3 is 5.73 Å². The molecule has 1 heterocycles. The molecule has 0 aliphatic carbocycles. The van der Waals surface area contributed by atoms with Gasteiger partial charge in [0.05, 0.1) is 6.54 Å². The van der Waals surface area contributed by atoms with Crippen LogP contribution in [-0.2, 0) is 6.54 Å². The fourth-order valence-electron chi connectivity index (χ4n) is 1.72. The number of rotatable bonds is 4. The molecular weight excluding hydrogens is 238 g/mol. The zero-order chi connectivity index (χ0) is 14.0. The van der Waals surface area contributed by atoms with Gasteiger partial charge in [0.2, 0.25) is 0 Å². The molecule has 0 fully saturated rings. The minimum Gasteiger partial charge on any atom is -0.399 e. The molecule has 19 heavy (non-hydrogen) atoms. The standard InChI is InChI=1S/C14H21N5/c1-10(2)14(3,4)9-19-13(16-17-18-19)11-5-7-12(15)8-6-11/h5-8,10H,9,15H2,1-4H3. The molecule has 0 saturated carbocycles. The Morgan fingerprint density at radius 2 is 1.84 bits per heavy atom. The highest BCUT2D eigenvalue weighted by Gasteiger charge is 2.25. The highest BCUT2D eigenvalue weighted by molar-refractivity contribution is 5.58. The summed E-state index contributed by atoms with van der Waals surface area (Å²) in [7, 11) is 0. The van der Waals surface area contributed by atoms with Crippen LogP contribution in [0, 0.1) is 11.3 Å². The monoisotopic (exact) mass is 259 g/mol. The summed E-state index contributed by atoms with van der Waals surface area (Å²) in [4.78, 5) is 0. The lowest BCUT2D eigenvalue weighted by Gasteiger charge is -2.29. The van der Waals surface area contributed by atoms with Crippen molar-refractivity contribution in [2.75, 3.05) is 5.73 Å². The van der Waals surface area contributed by atoms with Gasteiger partial charge in [-0.3, -0.25) is 0 Å². The summed E-state index contributed by atoms with van der Waals surface area (Å²) in [5.41, 5.74) is 7.56. The molecule has 2 rings (SSSR count). The van der Waals surface area contributed by atoms with Crippen LogP contribution in [0.4, 0.5) is 5.69 Å². The van der Waals surface area contributed by atoms with Crippen molar-refractivity contribution in [3.63, 3.8) is 0 Å². The van der Waals surface area contributed by atoms with Crippen LogP contribution in [0.2, 0.25) is 0 Å². The Bertz CT molecular complexity index is 539. The van der Waals surface area contributed by atoms with Gasteiger partial charge in [0.25, 0.3) is 0 Å². The van der Waals surface area contributed by atoms with E-state index in [4.69, 9.17) is 5.73 Å². The number of tetrazole rings is 1. The summed E-state index contributed by atoms with van der Waals surface area (Å²) in [6.07, 6.45) is 0. The molecule has 0 saturated heterocycles. The molecule has 102 valence electrons. The molecule has 0 aliphatic heterocycles. The van der Waals surface area contributed by atoms with E-state index in [0.29, 0.717) is 5.92 Å². The Labute approximate surface area is 113 Å². The first-order chi connectivity index (χ1) is 8.90. The average Bonchev–Trinajstić information content (AvgIpc) is 2.77. The van der Waals surface area contributed by atoms with Crippen LogP contribution in [0.3, 0.4) is 0 Å². The van der Waals surface area contributed by atoms with Crippen molar-refractivity contribution in [1.29, 1.82) is 0 Å². The molecule has 5 nitrogen and oxygen atoms in total. The number of nitrogens with two attached hydrogens (primary N) is 1. The number of nitrogens with zero attached hydrogens (tertiary/aromatic N) is 4. The normalized spacial score (nSPS) is 12.1. The summed E-state index contributed by atoms with van der Waals surface area (Å²) >= 11 is 0. The maximum absolute atomic E-state index is 5.70. The molecule has 0 aliphatic rings. The fourth-order valence-corrected chi connectivity index (χ4v) is 1.72. The van der Waals surface area contributed by atoms with Gasteiger partial charge in [0, 0.05) is 11.3 Å². The topological polar surface area (TPSA) is 69.6 Å². The van der Waals surface area contributed by atoms with Gasteiger partial charge in [0.1, 0.15) is 0 Å². The summed E-state index contributed by atoms with van der Waals surface area (Å²) in [5, 5.41) is 12.0. The van der Waals surface area contributed by atoms with Crippen LogP contribution in [0.5, 0.6) is 0 Å². The highest BCUT2D eigenvalue weighted by atomic mass is 15.5. The van der Waals surface area contributed by atoms with Crippen LogP contribution in [0.25, 0.3) is 11.4 Å². The van der Waals surface area contributed by atoms with Gasteiger partial charge in [-0.05, 0) is 46.0 Å². The van der Waals surface area contributed by atoms with Crippen molar-refractivity contribution in [2.45, 2.75) is 34.2 Å². The lowest BCUT2D eigenvalue weighted by Crippen LogP contribution is -2.26. The molecule has 0 radical (unpaired) electrons. The van der Waals surface area contributed by atoms with Crippen molar-refractivity contribution < 1.29 is 0 Å². The average molecular weight is 259 g/mol. The van der Waals surface area contributed by atoms with Gasteiger partial charge in [0.15, 0.2) is 5.82 Å². The molecule has 2 N–H and O–H groups in total. The quantitative estimate of drug-likeness (QED) is 0.857. The fraction of sp³-hybridized carbons (Fsp3) is 0.500. The first-order valence-corrected chi connectivity index (χ1v) is 6.52. The Morgan fingerprint density at radius 3 is 2.42 bits per heavy atom. The van der Waals surface area contributed by atoms with Crippen LogP contribution in [0.15, 0.2) is 24.3 Å². The Hall–Kier alpha value is -1.91. The van der Waals surface area contributed by atoms with Gasteiger partial charge in [-0.15, -0.1) is 5.10 Å². The van der Waals surface area contributed by atoms with Crippen molar-refractivity contribution >= 4 is 5.69 Å². The van der Waals surface area contributed by atoms with Gasteiger partial charge in [-0.1, -0.05) is 27.7 Å². The van der Waals surface area contributed by atoms with Crippen molar-refractivity contribution in [1.82, 2.24) is 20.2 Å². The summed E-state index contributed by atoms with van der Waals surface area (Å²) in [6, 6.07) is 7.61. The second-order valence-electron chi connectivity index (χ2n) is 5.93. The van der Waals surface area contributed by atoms with E-state index >= 15 is 0 Å². The molecule has 0 spiro atoms. The Morgan fingerprint density at radius 1 is 1.21 bits per heavy atom. The molecule has 1 aromatic heterocycles. The molecular formula is C14H21N5. The lowest BCUT2D eigenvalue weighted by molar-refractivity contribution is 0.200. The van der Waals surface area contributed by atoms with E-state index in [2.05, 4.69) is 43.2 Å². The minimum atomic E-state index is 0.137. The highest BCUT2D eigenvalue weighted by Crippen LogP contribution is 2.29. The predicted molar refractivity (Wildman–Crippen MR) is 76.3 cm³/mol. The summed E-state index contributed by atoms with van der Waals surface area (Å²) in [5.74, 6) is 1.34. The van der Waals surface area contributed by atoms with Crippen LogP contribution in [0.1, 0.15) is 27.7 Å². The Balaban J connectivity index is 2.30. The molecule has 0 unspecified atom stereocenters. The SMILES string of the molecule is CC(C)C(C)(C)Cn1nnnc1-c1ccc(N)cc1. The minimum absolute atomic E-state index is 0.137. The third-order valence-corrected chi connectivity index (χ3v) is 3.82. The molecule has 0 bridgehead atoms. The van der Waals surface area contributed by atoms with Gasteiger partial charge in [-0.2, -0.15) is 0 Å². The second-order valence-corrected chi connectivity index (χ2v) is 5.93. The van der Waals surface area contributed by atoms with E-state index < -0.39 is 0 Å². The molecule has 2 aromatic rings. The first-order valence-electron chi connectivity index (χ1n) is 6.52. The van der Waals surface area contributed by atoms with E-state index in [-0.39, 0.29) is 5.41 Å². The van der Waals surface area contributed by atoms with E-state index in [1.165, 1.54) is 0 Å². The van der Waals surface area contributed by atoms with Crippen molar-refractivity contribution in [3.05, 3.63) is 24.3 Å². The third kappa shape index (κ3) is 2.92. The van der Waals surface area contributed by atoms with E-state index in [1.54, 1.807) is 0 Å². The maximum atomic E-state index is 5.70. The maximum Gasteiger partial charge on any atom is 0.182 e. The third-order valence-electron chi connectivity index (χ3n) is 3.82. The number of hydrogen-bond acceptors (Lipinski definition) is 4. The summed E-state index contributed by atoms with van der Waals surface area (Å²) in [6.45, 7) is 9.68. The number of benzene rings is 1. The van der Waals surface area contributed by atoms with Crippen LogP contribution < -0.4 is 5.73 Å². The molecule has 1 aromatic carbocycles. The van der Waals surface area contributed by atoms with E-state index in [9.17, 15) is 0 Å². The van der Waals surface area contributed by atoms with E-state index in [1.807, 2.05) is 28.9 Å². The smallest absolute Gasteiger partial charge is 0.182 e. The van der Waals surface area contributed by atoms with Crippen molar-refractivity contribution in [2.24, 2.45) is 11.3 Å². The Kier molecular flexibility index (Phi) is 3.55. The number of anilines is 1. The van der Waals surface area contributed by atoms with Crippen LogP contribution in [-0.4, -0.2) is 20.2 Å².